The van der Waals surface area contributed by atoms with Gasteiger partial charge < -0.3 is 10.2 Å². The fraction of sp³-hybridized carbons (Fsp3) is 0.818. The van der Waals surface area contributed by atoms with E-state index in [4.69, 9.17) is 0 Å². The Labute approximate surface area is 80.3 Å². The zero-order chi connectivity index (χ0) is 10.1. The van der Waals surface area contributed by atoms with Crippen molar-refractivity contribution in [2.75, 3.05) is 0 Å². The molecule has 1 aliphatic rings. The van der Waals surface area contributed by atoms with Gasteiger partial charge in [-0.05, 0) is 25.2 Å². The van der Waals surface area contributed by atoms with E-state index in [1.165, 1.54) is 5.57 Å². The van der Waals surface area contributed by atoms with Crippen molar-refractivity contribution in [2.45, 2.75) is 51.7 Å². The summed E-state index contributed by atoms with van der Waals surface area (Å²) in [4.78, 5) is 0. The third kappa shape index (κ3) is 2.12. The van der Waals surface area contributed by atoms with E-state index in [0.29, 0.717) is 18.8 Å². The molecule has 0 amide bonds. The number of aliphatic hydroxyl groups excluding tert-OH is 1. The highest BCUT2D eigenvalue weighted by molar-refractivity contribution is 5.16. The normalized spacial score (nSPS) is 34.9. The number of hydrogen-bond donors (Lipinski definition) is 2. The Balaban J connectivity index is 2.77. The van der Waals surface area contributed by atoms with Crippen molar-refractivity contribution in [3.05, 3.63) is 11.6 Å². The van der Waals surface area contributed by atoms with E-state index in [1.54, 1.807) is 0 Å². The van der Waals surface area contributed by atoms with Gasteiger partial charge in [0.05, 0.1) is 5.60 Å². The van der Waals surface area contributed by atoms with Gasteiger partial charge in [0.2, 0.25) is 0 Å². The molecule has 2 unspecified atom stereocenters. The van der Waals surface area contributed by atoms with Crippen LogP contribution in [0.5, 0.6) is 0 Å². The highest BCUT2D eigenvalue weighted by Gasteiger charge is 2.35. The van der Waals surface area contributed by atoms with E-state index in [0.717, 1.165) is 6.42 Å². The molecule has 1 rings (SSSR count). The first-order valence-corrected chi connectivity index (χ1v) is 5.10. The number of hydrogen-bond acceptors (Lipinski definition) is 2. The predicted octanol–water partition coefficient (Wildman–Crippen LogP) is 1.86. The summed E-state index contributed by atoms with van der Waals surface area (Å²) >= 11 is 0. The Morgan fingerprint density at radius 2 is 2.23 bits per heavy atom. The fourth-order valence-corrected chi connectivity index (χ4v) is 1.82. The first-order valence-electron chi connectivity index (χ1n) is 5.10. The summed E-state index contributed by atoms with van der Waals surface area (Å²) in [6.07, 6.45) is 3.38. The minimum absolute atomic E-state index is 0.482. The SMILES string of the molecule is CCC1(O)CCC(C(C)C)=CC1O. The van der Waals surface area contributed by atoms with Crippen LogP contribution < -0.4 is 0 Å². The molecule has 2 heteroatoms. The van der Waals surface area contributed by atoms with Gasteiger partial charge in [-0.15, -0.1) is 0 Å². The number of allylic oxidation sites excluding steroid dienone is 1. The van der Waals surface area contributed by atoms with Crippen LogP contribution in [0.4, 0.5) is 0 Å². The van der Waals surface area contributed by atoms with Crippen molar-refractivity contribution in [3.63, 3.8) is 0 Å². The summed E-state index contributed by atoms with van der Waals surface area (Å²) in [5, 5.41) is 19.7. The smallest absolute Gasteiger partial charge is 0.101 e. The van der Waals surface area contributed by atoms with Gasteiger partial charge in [0.1, 0.15) is 6.10 Å². The maximum Gasteiger partial charge on any atom is 0.101 e. The third-order valence-electron chi connectivity index (χ3n) is 3.12. The molecular formula is C11H20O2. The van der Waals surface area contributed by atoms with Crippen LogP contribution >= 0.6 is 0 Å². The lowest BCUT2D eigenvalue weighted by molar-refractivity contribution is -0.0663. The molecular weight excluding hydrogens is 164 g/mol. The molecule has 2 nitrogen and oxygen atoms in total. The average Bonchev–Trinajstić information content (AvgIpc) is 2.09. The molecule has 0 saturated carbocycles. The second-order valence-corrected chi connectivity index (χ2v) is 4.30. The van der Waals surface area contributed by atoms with Crippen LogP contribution in [0.2, 0.25) is 0 Å². The minimum Gasteiger partial charge on any atom is -0.387 e. The topological polar surface area (TPSA) is 40.5 Å². The average molecular weight is 184 g/mol. The quantitative estimate of drug-likeness (QED) is 0.643. The highest BCUT2D eigenvalue weighted by atomic mass is 16.3. The lowest BCUT2D eigenvalue weighted by Crippen LogP contribution is -2.43. The van der Waals surface area contributed by atoms with Gasteiger partial charge in [-0.2, -0.15) is 0 Å². The minimum atomic E-state index is -0.877. The first-order chi connectivity index (χ1) is 5.99. The molecule has 2 atom stereocenters. The van der Waals surface area contributed by atoms with E-state index in [2.05, 4.69) is 13.8 Å². The van der Waals surface area contributed by atoms with Crippen LogP contribution in [-0.2, 0) is 0 Å². The van der Waals surface area contributed by atoms with Gasteiger partial charge in [0, 0.05) is 0 Å². The van der Waals surface area contributed by atoms with Gasteiger partial charge in [-0.1, -0.05) is 32.4 Å². The van der Waals surface area contributed by atoms with E-state index in [1.807, 2.05) is 13.0 Å². The molecule has 0 radical (unpaired) electrons. The lowest BCUT2D eigenvalue weighted by atomic mass is 9.79. The van der Waals surface area contributed by atoms with Crippen molar-refractivity contribution < 1.29 is 10.2 Å². The van der Waals surface area contributed by atoms with E-state index in [9.17, 15) is 10.2 Å². The molecule has 0 aromatic heterocycles. The van der Waals surface area contributed by atoms with Crippen LogP contribution in [-0.4, -0.2) is 21.9 Å². The van der Waals surface area contributed by atoms with Gasteiger partial charge in [0.15, 0.2) is 0 Å². The standard InChI is InChI=1S/C11H20O2/c1-4-11(13)6-5-9(8(2)3)7-10(11)12/h7-8,10,12-13H,4-6H2,1-3H3. The first kappa shape index (κ1) is 10.7. The Kier molecular flexibility index (Phi) is 3.14. The molecule has 0 aromatic carbocycles. The number of aliphatic hydroxyl groups is 2. The summed E-state index contributed by atoms with van der Waals surface area (Å²) in [5.41, 5.74) is 0.393. The Morgan fingerprint density at radius 1 is 1.62 bits per heavy atom. The van der Waals surface area contributed by atoms with E-state index >= 15 is 0 Å². The second kappa shape index (κ2) is 3.81. The summed E-state index contributed by atoms with van der Waals surface area (Å²) in [7, 11) is 0. The lowest BCUT2D eigenvalue weighted by Gasteiger charge is -2.35. The largest absolute Gasteiger partial charge is 0.387 e. The fourth-order valence-electron chi connectivity index (χ4n) is 1.82. The van der Waals surface area contributed by atoms with Crippen LogP contribution in [0, 0.1) is 5.92 Å². The molecule has 2 N–H and O–H groups in total. The zero-order valence-electron chi connectivity index (χ0n) is 8.75. The molecule has 13 heavy (non-hydrogen) atoms. The van der Waals surface area contributed by atoms with Crippen LogP contribution in [0.15, 0.2) is 11.6 Å². The van der Waals surface area contributed by atoms with Gasteiger partial charge in [0.25, 0.3) is 0 Å². The summed E-state index contributed by atoms with van der Waals surface area (Å²) in [6, 6.07) is 0. The summed E-state index contributed by atoms with van der Waals surface area (Å²) in [6.45, 7) is 6.15. The molecule has 0 saturated heterocycles. The van der Waals surface area contributed by atoms with Crippen molar-refractivity contribution in [1.29, 1.82) is 0 Å². The summed E-state index contributed by atoms with van der Waals surface area (Å²) < 4.78 is 0. The van der Waals surface area contributed by atoms with Crippen LogP contribution in [0.25, 0.3) is 0 Å². The maximum atomic E-state index is 9.95. The molecule has 1 aliphatic carbocycles. The van der Waals surface area contributed by atoms with Crippen LogP contribution in [0.3, 0.4) is 0 Å². The number of rotatable bonds is 2. The van der Waals surface area contributed by atoms with Gasteiger partial charge in [-0.25, -0.2) is 0 Å². The Morgan fingerprint density at radius 3 is 2.62 bits per heavy atom. The molecule has 76 valence electrons. The third-order valence-corrected chi connectivity index (χ3v) is 3.12. The van der Waals surface area contributed by atoms with Gasteiger partial charge in [-0.3, -0.25) is 0 Å². The molecule has 0 heterocycles. The molecule has 0 fully saturated rings. The van der Waals surface area contributed by atoms with E-state index in [-0.39, 0.29) is 0 Å². The highest BCUT2D eigenvalue weighted by Crippen LogP contribution is 2.33. The maximum absolute atomic E-state index is 9.95. The van der Waals surface area contributed by atoms with E-state index < -0.39 is 11.7 Å². The Hall–Kier alpha value is -0.340. The molecule has 0 bridgehead atoms. The summed E-state index contributed by atoms with van der Waals surface area (Å²) in [5.74, 6) is 0.482. The molecule has 0 aromatic rings. The van der Waals surface area contributed by atoms with Crippen molar-refractivity contribution >= 4 is 0 Å². The van der Waals surface area contributed by atoms with Crippen molar-refractivity contribution in [2.24, 2.45) is 5.92 Å². The van der Waals surface area contributed by atoms with Gasteiger partial charge >= 0.3 is 0 Å². The van der Waals surface area contributed by atoms with Crippen molar-refractivity contribution in [1.82, 2.24) is 0 Å². The predicted molar refractivity (Wildman–Crippen MR) is 53.4 cm³/mol. The van der Waals surface area contributed by atoms with Crippen LogP contribution in [0.1, 0.15) is 40.0 Å². The zero-order valence-corrected chi connectivity index (χ0v) is 8.75. The van der Waals surface area contributed by atoms with Crippen molar-refractivity contribution in [3.8, 4) is 0 Å². The second-order valence-electron chi connectivity index (χ2n) is 4.30. The Bertz CT molecular complexity index is 208. The molecule has 0 aliphatic heterocycles. The molecule has 0 spiro atoms. The monoisotopic (exact) mass is 184 g/mol.